The predicted molar refractivity (Wildman–Crippen MR) is 99.1 cm³/mol. The van der Waals surface area contributed by atoms with E-state index in [0.717, 1.165) is 18.4 Å². The highest BCUT2D eigenvalue weighted by atomic mass is 16.5. The van der Waals surface area contributed by atoms with Crippen molar-refractivity contribution in [3.8, 4) is 5.75 Å². The Bertz CT molecular complexity index is 871. The monoisotopic (exact) mass is 348 g/mol. The molecule has 2 aromatic carbocycles. The SMILES string of the molecule is CC1=CC=C(OC(=O)c2ccc(C(=O)Oc3ccc(C)cc3)cc2)CC1. The van der Waals surface area contributed by atoms with Crippen molar-refractivity contribution in [3.63, 3.8) is 0 Å². The summed E-state index contributed by atoms with van der Waals surface area (Å²) in [6.07, 6.45) is 5.39. The Labute approximate surface area is 152 Å². The van der Waals surface area contributed by atoms with Gasteiger partial charge >= 0.3 is 11.9 Å². The number of benzene rings is 2. The molecule has 0 heterocycles. The molecule has 0 saturated carbocycles. The number of carbonyl (C=O) groups excluding carboxylic acids is 2. The van der Waals surface area contributed by atoms with Crippen molar-refractivity contribution in [3.05, 3.63) is 88.7 Å². The van der Waals surface area contributed by atoms with E-state index in [0.29, 0.717) is 22.6 Å². The molecule has 26 heavy (non-hydrogen) atoms. The summed E-state index contributed by atoms with van der Waals surface area (Å²) in [7, 11) is 0. The second-order valence-electron chi connectivity index (χ2n) is 6.32. The van der Waals surface area contributed by atoms with Crippen molar-refractivity contribution in [1.29, 1.82) is 0 Å². The van der Waals surface area contributed by atoms with Gasteiger partial charge in [-0.25, -0.2) is 9.59 Å². The molecule has 132 valence electrons. The summed E-state index contributed by atoms with van der Waals surface area (Å²) in [6, 6.07) is 13.5. The lowest BCUT2D eigenvalue weighted by Gasteiger charge is -2.12. The van der Waals surface area contributed by atoms with Crippen molar-refractivity contribution in [2.24, 2.45) is 0 Å². The number of hydrogen-bond donors (Lipinski definition) is 0. The third-order valence-corrected chi connectivity index (χ3v) is 4.13. The maximum Gasteiger partial charge on any atom is 0.343 e. The van der Waals surface area contributed by atoms with Gasteiger partial charge < -0.3 is 9.47 Å². The van der Waals surface area contributed by atoms with Gasteiger partial charge in [-0.1, -0.05) is 29.3 Å². The van der Waals surface area contributed by atoms with Crippen LogP contribution in [-0.4, -0.2) is 11.9 Å². The minimum atomic E-state index is -0.468. The molecule has 0 bridgehead atoms. The highest BCUT2D eigenvalue weighted by Crippen LogP contribution is 2.20. The number of esters is 2. The lowest BCUT2D eigenvalue weighted by molar-refractivity contribution is 0.0611. The second-order valence-corrected chi connectivity index (χ2v) is 6.32. The van der Waals surface area contributed by atoms with Crippen LogP contribution in [0.15, 0.2) is 72.0 Å². The zero-order valence-corrected chi connectivity index (χ0v) is 14.8. The van der Waals surface area contributed by atoms with Crippen molar-refractivity contribution >= 4 is 11.9 Å². The molecule has 1 aliphatic rings. The van der Waals surface area contributed by atoms with Crippen LogP contribution in [0, 0.1) is 6.92 Å². The Hall–Kier alpha value is -3.14. The fourth-order valence-electron chi connectivity index (χ4n) is 2.50. The van der Waals surface area contributed by atoms with Gasteiger partial charge in [0.05, 0.1) is 11.1 Å². The highest BCUT2D eigenvalue weighted by Gasteiger charge is 2.14. The molecular formula is C22H20O4. The van der Waals surface area contributed by atoms with Gasteiger partial charge in [0.1, 0.15) is 11.5 Å². The van der Waals surface area contributed by atoms with Crippen LogP contribution >= 0.6 is 0 Å². The van der Waals surface area contributed by atoms with Crippen LogP contribution in [-0.2, 0) is 4.74 Å². The largest absolute Gasteiger partial charge is 0.427 e. The number of allylic oxidation sites excluding steroid dienone is 4. The smallest absolute Gasteiger partial charge is 0.343 e. The number of ether oxygens (including phenoxy) is 2. The maximum absolute atomic E-state index is 12.2. The predicted octanol–water partition coefficient (Wildman–Crippen LogP) is 5.00. The minimum Gasteiger partial charge on any atom is -0.427 e. The molecule has 0 radical (unpaired) electrons. The topological polar surface area (TPSA) is 52.6 Å². The normalized spacial score (nSPS) is 13.5. The van der Waals surface area contributed by atoms with Crippen LogP contribution in [0.4, 0.5) is 0 Å². The Morgan fingerprint density at radius 3 is 1.85 bits per heavy atom. The molecule has 4 nitrogen and oxygen atoms in total. The molecule has 0 saturated heterocycles. The third kappa shape index (κ3) is 4.48. The van der Waals surface area contributed by atoms with E-state index in [1.54, 1.807) is 36.4 Å². The number of rotatable bonds is 4. The van der Waals surface area contributed by atoms with Crippen LogP contribution in [0.2, 0.25) is 0 Å². The van der Waals surface area contributed by atoms with Crippen molar-refractivity contribution in [1.82, 2.24) is 0 Å². The Kier molecular flexibility index (Phi) is 5.32. The van der Waals surface area contributed by atoms with E-state index in [2.05, 4.69) is 0 Å². The first-order valence-electron chi connectivity index (χ1n) is 8.49. The van der Waals surface area contributed by atoms with Crippen LogP contribution in [0.1, 0.15) is 46.0 Å². The zero-order valence-electron chi connectivity index (χ0n) is 14.8. The average molecular weight is 348 g/mol. The van der Waals surface area contributed by atoms with Crippen LogP contribution in [0.5, 0.6) is 5.75 Å². The van der Waals surface area contributed by atoms with E-state index >= 15 is 0 Å². The number of aryl methyl sites for hydroxylation is 1. The first-order valence-corrected chi connectivity index (χ1v) is 8.49. The minimum absolute atomic E-state index is 0.373. The first-order chi connectivity index (χ1) is 12.5. The van der Waals surface area contributed by atoms with E-state index in [4.69, 9.17) is 9.47 Å². The quantitative estimate of drug-likeness (QED) is 0.577. The second kappa shape index (κ2) is 7.83. The first kappa shape index (κ1) is 17.7. The van der Waals surface area contributed by atoms with E-state index in [9.17, 15) is 9.59 Å². The lowest BCUT2D eigenvalue weighted by atomic mass is 10.1. The molecule has 0 aliphatic heterocycles. The van der Waals surface area contributed by atoms with E-state index < -0.39 is 11.9 Å². The molecule has 0 unspecified atom stereocenters. The van der Waals surface area contributed by atoms with Gasteiger partial charge in [-0.05, 0) is 62.7 Å². The summed E-state index contributed by atoms with van der Waals surface area (Å²) in [5.41, 5.74) is 3.12. The van der Waals surface area contributed by atoms with E-state index in [-0.39, 0.29) is 0 Å². The third-order valence-electron chi connectivity index (χ3n) is 4.13. The molecule has 0 aromatic heterocycles. The Morgan fingerprint density at radius 1 is 0.731 bits per heavy atom. The molecule has 0 N–H and O–H groups in total. The fraction of sp³-hybridized carbons (Fsp3) is 0.182. The van der Waals surface area contributed by atoms with Crippen LogP contribution in [0.3, 0.4) is 0 Å². The molecule has 2 aromatic rings. The average Bonchev–Trinajstić information content (AvgIpc) is 2.65. The summed E-state index contributed by atoms with van der Waals surface area (Å²) < 4.78 is 10.7. The molecule has 3 rings (SSSR count). The summed E-state index contributed by atoms with van der Waals surface area (Å²) in [4.78, 5) is 24.4. The van der Waals surface area contributed by atoms with Gasteiger partial charge in [0, 0.05) is 6.42 Å². The summed E-state index contributed by atoms with van der Waals surface area (Å²) in [6.45, 7) is 4.01. The molecule has 0 amide bonds. The van der Waals surface area contributed by atoms with Gasteiger partial charge in [-0.15, -0.1) is 0 Å². The molecular weight excluding hydrogens is 328 g/mol. The van der Waals surface area contributed by atoms with Gasteiger partial charge in [-0.3, -0.25) is 0 Å². The van der Waals surface area contributed by atoms with Gasteiger partial charge in [0.15, 0.2) is 0 Å². The molecule has 0 atom stereocenters. The highest BCUT2D eigenvalue weighted by molar-refractivity contribution is 5.94. The van der Waals surface area contributed by atoms with Crippen molar-refractivity contribution in [2.45, 2.75) is 26.7 Å². The number of hydrogen-bond acceptors (Lipinski definition) is 4. The summed E-state index contributed by atoms with van der Waals surface area (Å²) in [5.74, 6) is 0.243. The zero-order chi connectivity index (χ0) is 18.5. The standard InChI is InChI=1S/C22H20O4/c1-15-3-11-19(12-4-15)25-21(23)17-7-9-18(10-8-17)22(24)26-20-13-5-16(2)6-14-20/h3-5,7-13H,6,14H2,1-2H3. The van der Waals surface area contributed by atoms with Gasteiger partial charge in [-0.2, -0.15) is 0 Å². The Morgan fingerprint density at radius 2 is 1.31 bits per heavy atom. The summed E-state index contributed by atoms with van der Waals surface area (Å²) in [5, 5.41) is 0. The van der Waals surface area contributed by atoms with E-state index in [1.807, 2.05) is 38.1 Å². The fourth-order valence-corrected chi connectivity index (χ4v) is 2.50. The summed E-state index contributed by atoms with van der Waals surface area (Å²) >= 11 is 0. The van der Waals surface area contributed by atoms with Gasteiger partial charge in [0.25, 0.3) is 0 Å². The maximum atomic E-state index is 12.2. The number of carbonyl (C=O) groups is 2. The lowest BCUT2D eigenvalue weighted by Crippen LogP contribution is -2.10. The molecule has 0 fully saturated rings. The van der Waals surface area contributed by atoms with Crippen molar-refractivity contribution in [2.75, 3.05) is 0 Å². The molecule has 1 aliphatic carbocycles. The Balaban J connectivity index is 1.63. The molecule has 4 heteroatoms. The van der Waals surface area contributed by atoms with E-state index in [1.165, 1.54) is 5.57 Å². The van der Waals surface area contributed by atoms with Crippen LogP contribution < -0.4 is 4.74 Å². The van der Waals surface area contributed by atoms with Gasteiger partial charge in [0.2, 0.25) is 0 Å². The molecule has 0 spiro atoms. The van der Waals surface area contributed by atoms with Crippen LogP contribution in [0.25, 0.3) is 0 Å². The van der Waals surface area contributed by atoms with Crippen molar-refractivity contribution < 1.29 is 19.1 Å².